The third kappa shape index (κ3) is 2.35. The molecular formula is C11H12N4. The largest absolute Gasteiger partial charge is 0.330 e. The normalized spacial score (nSPS) is 10.2. The Morgan fingerprint density at radius 3 is 2.47 bits per heavy atom. The van der Waals surface area contributed by atoms with Crippen molar-refractivity contribution in [3.05, 3.63) is 42.4 Å². The smallest absolute Gasteiger partial charge is 0.178 e. The average molecular weight is 200 g/mol. The van der Waals surface area contributed by atoms with Crippen LogP contribution in [0.5, 0.6) is 0 Å². The van der Waals surface area contributed by atoms with Crippen LogP contribution < -0.4 is 5.73 Å². The van der Waals surface area contributed by atoms with Gasteiger partial charge in [0, 0.05) is 18.6 Å². The highest BCUT2D eigenvalue weighted by molar-refractivity contribution is 5.47. The highest BCUT2D eigenvalue weighted by atomic mass is 14.9. The van der Waals surface area contributed by atoms with Crippen molar-refractivity contribution in [2.75, 3.05) is 6.54 Å². The minimum Gasteiger partial charge on any atom is -0.330 e. The molecule has 0 saturated carbocycles. The molecule has 4 heteroatoms. The van der Waals surface area contributed by atoms with Crippen LogP contribution in [-0.2, 0) is 6.42 Å². The first-order valence-corrected chi connectivity index (χ1v) is 4.82. The van der Waals surface area contributed by atoms with Crippen molar-refractivity contribution in [1.82, 2.24) is 15.0 Å². The topological polar surface area (TPSA) is 64.7 Å². The minimum atomic E-state index is 0.617. The maximum Gasteiger partial charge on any atom is 0.178 e. The molecule has 0 atom stereocenters. The lowest BCUT2D eigenvalue weighted by Gasteiger charge is -2.00. The summed E-state index contributed by atoms with van der Waals surface area (Å²) < 4.78 is 0. The fraction of sp³-hybridized carbons (Fsp3) is 0.182. The molecule has 0 unspecified atom stereocenters. The summed E-state index contributed by atoms with van der Waals surface area (Å²) in [6, 6.07) is 5.67. The van der Waals surface area contributed by atoms with Gasteiger partial charge in [-0.1, -0.05) is 6.07 Å². The van der Waals surface area contributed by atoms with Gasteiger partial charge in [-0.25, -0.2) is 9.97 Å². The predicted octanol–water partition coefficient (Wildman–Crippen LogP) is 1.04. The first-order valence-electron chi connectivity index (χ1n) is 4.82. The van der Waals surface area contributed by atoms with Crippen LogP contribution in [0.25, 0.3) is 11.5 Å². The molecular weight excluding hydrogens is 188 g/mol. The van der Waals surface area contributed by atoms with Gasteiger partial charge in [0.05, 0.1) is 0 Å². The van der Waals surface area contributed by atoms with Crippen LogP contribution in [0.2, 0.25) is 0 Å². The van der Waals surface area contributed by atoms with Crippen molar-refractivity contribution >= 4 is 0 Å². The summed E-state index contributed by atoms with van der Waals surface area (Å²) in [5.41, 5.74) is 7.28. The lowest BCUT2D eigenvalue weighted by Crippen LogP contribution is -2.03. The molecule has 0 fully saturated rings. The number of rotatable bonds is 3. The van der Waals surface area contributed by atoms with Crippen molar-refractivity contribution < 1.29 is 0 Å². The number of aromatic nitrogens is 3. The Balaban J connectivity index is 2.24. The first-order chi connectivity index (χ1) is 7.40. The molecule has 2 heterocycles. The quantitative estimate of drug-likeness (QED) is 0.804. The van der Waals surface area contributed by atoms with Gasteiger partial charge in [-0.15, -0.1) is 0 Å². The van der Waals surface area contributed by atoms with E-state index in [4.69, 9.17) is 5.73 Å². The molecule has 2 aromatic rings. The van der Waals surface area contributed by atoms with Crippen molar-refractivity contribution in [3.8, 4) is 11.5 Å². The Labute approximate surface area is 88.2 Å². The molecule has 2 aromatic heterocycles. The van der Waals surface area contributed by atoms with E-state index in [2.05, 4.69) is 15.0 Å². The Morgan fingerprint density at radius 1 is 1.07 bits per heavy atom. The van der Waals surface area contributed by atoms with Gasteiger partial charge >= 0.3 is 0 Å². The van der Waals surface area contributed by atoms with Crippen LogP contribution in [0, 0.1) is 0 Å². The highest BCUT2D eigenvalue weighted by Crippen LogP contribution is 2.09. The molecule has 76 valence electrons. The Bertz CT molecular complexity index is 410. The average Bonchev–Trinajstić information content (AvgIpc) is 2.32. The van der Waals surface area contributed by atoms with Gasteiger partial charge in [0.2, 0.25) is 0 Å². The van der Waals surface area contributed by atoms with Crippen molar-refractivity contribution in [2.24, 2.45) is 5.73 Å². The molecule has 0 amide bonds. The van der Waals surface area contributed by atoms with Crippen molar-refractivity contribution in [3.63, 3.8) is 0 Å². The lowest BCUT2D eigenvalue weighted by molar-refractivity contribution is 0.941. The third-order valence-electron chi connectivity index (χ3n) is 2.03. The third-order valence-corrected chi connectivity index (χ3v) is 2.03. The minimum absolute atomic E-state index is 0.617. The van der Waals surface area contributed by atoms with Crippen LogP contribution in [0.3, 0.4) is 0 Å². The molecule has 4 nitrogen and oxygen atoms in total. The molecule has 0 spiro atoms. The summed E-state index contributed by atoms with van der Waals surface area (Å²) in [5.74, 6) is 0.649. The fourth-order valence-corrected chi connectivity index (χ4v) is 1.28. The van der Waals surface area contributed by atoms with Crippen LogP contribution in [0.4, 0.5) is 0 Å². The van der Waals surface area contributed by atoms with Crippen LogP contribution in [0.15, 0.2) is 36.8 Å². The Hall–Kier alpha value is -1.81. The summed E-state index contributed by atoms with van der Waals surface area (Å²) in [4.78, 5) is 12.7. The van der Waals surface area contributed by atoms with Crippen LogP contribution in [-0.4, -0.2) is 21.5 Å². The van der Waals surface area contributed by atoms with E-state index >= 15 is 0 Å². The van der Waals surface area contributed by atoms with E-state index in [1.807, 2.05) is 18.2 Å². The van der Waals surface area contributed by atoms with Gasteiger partial charge in [0.1, 0.15) is 5.69 Å². The molecule has 0 aliphatic heterocycles. The molecule has 15 heavy (non-hydrogen) atoms. The van der Waals surface area contributed by atoms with E-state index in [9.17, 15) is 0 Å². The maximum atomic E-state index is 5.44. The molecule has 0 bridgehead atoms. The number of hydrogen-bond acceptors (Lipinski definition) is 4. The predicted molar refractivity (Wildman–Crippen MR) is 58.0 cm³/mol. The summed E-state index contributed by atoms with van der Waals surface area (Å²) in [7, 11) is 0. The second-order valence-electron chi connectivity index (χ2n) is 3.17. The zero-order valence-electron chi connectivity index (χ0n) is 8.30. The molecule has 0 radical (unpaired) electrons. The van der Waals surface area contributed by atoms with Gasteiger partial charge in [0.25, 0.3) is 0 Å². The van der Waals surface area contributed by atoms with E-state index in [-0.39, 0.29) is 0 Å². The second kappa shape index (κ2) is 4.61. The molecule has 0 aliphatic rings. The standard InChI is InChI=1S/C11H12N4/c12-5-4-9-7-14-11(15-8-9)10-3-1-2-6-13-10/h1-3,6-8H,4-5,12H2. The number of pyridine rings is 1. The molecule has 0 aromatic carbocycles. The first kappa shape index (κ1) is 9.73. The van der Waals surface area contributed by atoms with E-state index in [1.165, 1.54) is 0 Å². The van der Waals surface area contributed by atoms with Crippen LogP contribution in [0.1, 0.15) is 5.56 Å². The van der Waals surface area contributed by atoms with Crippen molar-refractivity contribution in [2.45, 2.75) is 6.42 Å². The van der Waals surface area contributed by atoms with Gasteiger partial charge in [-0.2, -0.15) is 0 Å². The van der Waals surface area contributed by atoms with Gasteiger partial charge in [-0.05, 0) is 30.7 Å². The number of nitrogens with zero attached hydrogens (tertiary/aromatic N) is 3. The van der Waals surface area contributed by atoms with Gasteiger partial charge in [-0.3, -0.25) is 4.98 Å². The van der Waals surface area contributed by atoms with Gasteiger partial charge < -0.3 is 5.73 Å². The van der Waals surface area contributed by atoms with E-state index in [1.54, 1.807) is 18.6 Å². The Kier molecular flexibility index (Phi) is 2.99. The zero-order valence-corrected chi connectivity index (χ0v) is 8.30. The van der Waals surface area contributed by atoms with E-state index in [0.717, 1.165) is 17.7 Å². The summed E-state index contributed by atoms with van der Waals surface area (Å²) in [6.45, 7) is 0.617. The molecule has 2 rings (SSSR count). The SMILES string of the molecule is NCCc1cnc(-c2ccccn2)nc1. The van der Waals surface area contributed by atoms with Crippen LogP contribution >= 0.6 is 0 Å². The number of nitrogens with two attached hydrogens (primary N) is 1. The summed E-state index contributed by atoms with van der Waals surface area (Å²) in [6.07, 6.45) is 6.13. The van der Waals surface area contributed by atoms with Crippen molar-refractivity contribution in [1.29, 1.82) is 0 Å². The number of hydrogen-bond donors (Lipinski definition) is 1. The molecule has 0 saturated heterocycles. The van der Waals surface area contributed by atoms with E-state index < -0.39 is 0 Å². The lowest BCUT2D eigenvalue weighted by atomic mass is 10.2. The fourth-order valence-electron chi connectivity index (χ4n) is 1.28. The molecule has 2 N–H and O–H groups in total. The second-order valence-corrected chi connectivity index (χ2v) is 3.17. The molecule has 0 aliphatic carbocycles. The Morgan fingerprint density at radius 2 is 1.87 bits per heavy atom. The van der Waals surface area contributed by atoms with E-state index in [0.29, 0.717) is 12.4 Å². The maximum absolute atomic E-state index is 5.44. The zero-order chi connectivity index (χ0) is 10.5. The monoisotopic (exact) mass is 200 g/mol. The highest BCUT2D eigenvalue weighted by Gasteiger charge is 2.00. The summed E-state index contributed by atoms with van der Waals surface area (Å²) >= 11 is 0. The van der Waals surface area contributed by atoms with Gasteiger partial charge in [0.15, 0.2) is 5.82 Å². The summed E-state index contributed by atoms with van der Waals surface area (Å²) in [5, 5.41) is 0.